The van der Waals surface area contributed by atoms with Gasteiger partial charge in [0.15, 0.2) is 0 Å². The molecule has 0 unspecified atom stereocenters. The Kier molecular flexibility index (Phi) is 13.1. The molecule has 2 N–H and O–H groups in total. The van der Waals surface area contributed by atoms with E-state index in [1.807, 2.05) is 13.8 Å². The molecule has 0 aromatic rings. The fourth-order valence-electron chi connectivity index (χ4n) is 1.39. The number of carbonyl (C=O) groups is 1. The van der Waals surface area contributed by atoms with E-state index in [0.717, 1.165) is 25.7 Å². The van der Waals surface area contributed by atoms with Crippen molar-refractivity contribution in [1.82, 2.24) is 0 Å². The zero-order chi connectivity index (χ0) is 13.7. The van der Waals surface area contributed by atoms with Gasteiger partial charge in [0, 0.05) is 13.2 Å². The quantitative estimate of drug-likeness (QED) is 0.718. The predicted molar refractivity (Wildman–Crippen MR) is 71.2 cm³/mol. The fourth-order valence-corrected chi connectivity index (χ4v) is 3.89. The largest absolute Gasteiger partial charge is 0.450 e. The number of carbonyl (C=O) groups excluding carboxylic acids is 1. The van der Waals surface area contributed by atoms with E-state index >= 15 is 0 Å². The smallest absolute Gasteiger partial charge is 0.404 e. The zero-order valence-electron chi connectivity index (χ0n) is 11.7. The molecule has 0 aliphatic heterocycles. The van der Waals surface area contributed by atoms with Crippen molar-refractivity contribution in [1.29, 1.82) is 0 Å². The standard InChI is InChI=1S/C8H20O2Si.C3H7NO2/c1-5-8-11(4,9-6-2)10-7-3;1-2-6-3(4)5/h5-8H2,1-4H3;2H2,1H3,(H2,4,5). The van der Waals surface area contributed by atoms with E-state index in [2.05, 4.69) is 23.9 Å². The summed E-state index contributed by atoms with van der Waals surface area (Å²) in [6.45, 7) is 12.0. The van der Waals surface area contributed by atoms with Gasteiger partial charge in [0.05, 0.1) is 6.61 Å². The summed E-state index contributed by atoms with van der Waals surface area (Å²) < 4.78 is 15.4. The lowest BCUT2D eigenvalue weighted by Gasteiger charge is -2.25. The van der Waals surface area contributed by atoms with Crippen molar-refractivity contribution >= 4 is 14.7 Å². The third kappa shape index (κ3) is 13.3. The van der Waals surface area contributed by atoms with E-state index in [9.17, 15) is 4.79 Å². The Morgan fingerprint density at radius 2 is 1.53 bits per heavy atom. The van der Waals surface area contributed by atoms with Gasteiger partial charge >= 0.3 is 14.7 Å². The molecule has 0 fully saturated rings. The van der Waals surface area contributed by atoms with Gasteiger partial charge in [0.2, 0.25) is 0 Å². The molecule has 0 aromatic carbocycles. The average Bonchev–Trinajstić information content (AvgIpc) is 2.19. The SMILES string of the molecule is CCC[Si](C)(OCC)OCC.CCOC(N)=O. The highest BCUT2D eigenvalue weighted by molar-refractivity contribution is 6.66. The monoisotopic (exact) mass is 265 g/mol. The van der Waals surface area contributed by atoms with Crippen LogP contribution in [0.25, 0.3) is 0 Å². The summed E-state index contributed by atoms with van der Waals surface area (Å²) in [5.74, 6) is 0. The molecule has 104 valence electrons. The minimum Gasteiger partial charge on any atom is -0.450 e. The van der Waals surface area contributed by atoms with E-state index in [-0.39, 0.29) is 0 Å². The Bertz CT molecular complexity index is 173. The number of ether oxygens (including phenoxy) is 1. The average molecular weight is 265 g/mol. The van der Waals surface area contributed by atoms with Crippen molar-refractivity contribution in [2.24, 2.45) is 5.73 Å². The lowest BCUT2D eigenvalue weighted by molar-refractivity contribution is 0.163. The van der Waals surface area contributed by atoms with Gasteiger partial charge in [-0.05, 0) is 33.4 Å². The van der Waals surface area contributed by atoms with E-state index in [0.29, 0.717) is 6.61 Å². The maximum atomic E-state index is 9.60. The normalized spacial score (nSPS) is 10.4. The Morgan fingerprint density at radius 1 is 1.06 bits per heavy atom. The molecule has 17 heavy (non-hydrogen) atoms. The molecule has 5 nitrogen and oxygen atoms in total. The molecule has 0 rings (SSSR count). The molecule has 0 spiro atoms. The second-order valence-electron chi connectivity index (χ2n) is 3.50. The minimum absolute atomic E-state index is 0.356. The predicted octanol–water partition coefficient (Wildman–Crippen LogP) is 2.64. The van der Waals surface area contributed by atoms with E-state index in [1.165, 1.54) is 0 Å². The third-order valence-electron chi connectivity index (χ3n) is 1.89. The third-order valence-corrected chi connectivity index (χ3v) is 5.10. The number of amides is 1. The van der Waals surface area contributed by atoms with Gasteiger partial charge in [0.1, 0.15) is 0 Å². The van der Waals surface area contributed by atoms with Crippen LogP contribution in [0.15, 0.2) is 0 Å². The maximum Gasteiger partial charge on any atom is 0.404 e. The van der Waals surface area contributed by atoms with Crippen LogP contribution in [0.5, 0.6) is 0 Å². The number of hydrogen-bond acceptors (Lipinski definition) is 4. The number of hydrogen-bond donors (Lipinski definition) is 1. The van der Waals surface area contributed by atoms with Crippen molar-refractivity contribution in [2.45, 2.75) is 46.7 Å². The van der Waals surface area contributed by atoms with Crippen LogP contribution in [0.4, 0.5) is 4.79 Å². The summed E-state index contributed by atoms with van der Waals surface area (Å²) in [6, 6.07) is 1.11. The van der Waals surface area contributed by atoms with Crippen molar-refractivity contribution in [3.63, 3.8) is 0 Å². The first-order chi connectivity index (χ1) is 7.95. The summed E-state index contributed by atoms with van der Waals surface area (Å²) in [7, 11) is -1.75. The Balaban J connectivity index is 0. The second-order valence-corrected chi connectivity index (χ2v) is 6.85. The first-order valence-electron chi connectivity index (χ1n) is 6.15. The molecule has 0 heterocycles. The molecule has 0 saturated carbocycles. The van der Waals surface area contributed by atoms with E-state index in [1.54, 1.807) is 6.92 Å². The van der Waals surface area contributed by atoms with Crippen LogP contribution in [-0.4, -0.2) is 34.5 Å². The molecule has 0 aromatic heterocycles. The van der Waals surface area contributed by atoms with Gasteiger partial charge in [-0.15, -0.1) is 0 Å². The summed E-state index contributed by atoms with van der Waals surface area (Å²) in [4.78, 5) is 9.60. The molecule has 0 bridgehead atoms. The summed E-state index contributed by atoms with van der Waals surface area (Å²) in [5.41, 5.74) is 4.54. The Hall–Kier alpha value is -0.593. The number of primary amides is 1. The summed E-state index contributed by atoms with van der Waals surface area (Å²) in [6.07, 6.45) is 0.445. The van der Waals surface area contributed by atoms with Crippen LogP contribution < -0.4 is 5.73 Å². The molecule has 0 atom stereocenters. The molecule has 1 amide bonds. The van der Waals surface area contributed by atoms with Crippen molar-refractivity contribution < 1.29 is 18.4 Å². The van der Waals surface area contributed by atoms with Crippen molar-refractivity contribution in [2.75, 3.05) is 19.8 Å². The van der Waals surface area contributed by atoms with Crippen LogP contribution in [0.1, 0.15) is 34.1 Å². The molecule has 0 radical (unpaired) electrons. The molecule has 0 aliphatic carbocycles. The van der Waals surface area contributed by atoms with Crippen molar-refractivity contribution in [3.05, 3.63) is 0 Å². The van der Waals surface area contributed by atoms with Crippen molar-refractivity contribution in [3.8, 4) is 0 Å². The summed E-state index contributed by atoms with van der Waals surface area (Å²) in [5, 5.41) is 0. The fraction of sp³-hybridized carbons (Fsp3) is 0.909. The number of nitrogens with two attached hydrogens (primary N) is 1. The van der Waals surface area contributed by atoms with Gasteiger partial charge in [-0.25, -0.2) is 4.79 Å². The lowest BCUT2D eigenvalue weighted by Crippen LogP contribution is -2.38. The molecule has 6 heteroatoms. The summed E-state index contributed by atoms with van der Waals surface area (Å²) >= 11 is 0. The lowest BCUT2D eigenvalue weighted by atomic mass is 10.6. The van der Waals surface area contributed by atoms with Gasteiger partial charge in [-0.1, -0.05) is 13.3 Å². The molecule has 0 aliphatic rings. The first kappa shape index (κ1) is 18.8. The highest BCUT2D eigenvalue weighted by atomic mass is 28.4. The molecular weight excluding hydrogens is 238 g/mol. The van der Waals surface area contributed by atoms with Gasteiger partial charge < -0.3 is 19.3 Å². The number of rotatable bonds is 7. The van der Waals surface area contributed by atoms with E-state index < -0.39 is 14.7 Å². The minimum atomic E-state index is -1.75. The first-order valence-corrected chi connectivity index (χ1v) is 8.68. The Morgan fingerprint density at radius 3 is 1.71 bits per heavy atom. The van der Waals surface area contributed by atoms with Crippen LogP contribution in [0, 0.1) is 0 Å². The van der Waals surface area contributed by atoms with Gasteiger partial charge in [0.25, 0.3) is 0 Å². The molecular formula is C11H27NO4Si. The van der Waals surface area contributed by atoms with Crippen LogP contribution in [0.3, 0.4) is 0 Å². The zero-order valence-corrected chi connectivity index (χ0v) is 12.7. The topological polar surface area (TPSA) is 70.8 Å². The van der Waals surface area contributed by atoms with Crippen LogP contribution >= 0.6 is 0 Å². The Labute approximate surface area is 106 Å². The van der Waals surface area contributed by atoms with Crippen LogP contribution in [-0.2, 0) is 13.6 Å². The van der Waals surface area contributed by atoms with Gasteiger partial charge in [-0.3, -0.25) is 0 Å². The second kappa shape index (κ2) is 11.9. The maximum absolute atomic E-state index is 9.60. The van der Waals surface area contributed by atoms with E-state index in [4.69, 9.17) is 8.85 Å². The highest BCUT2D eigenvalue weighted by Crippen LogP contribution is 2.14. The molecule has 0 saturated heterocycles. The highest BCUT2D eigenvalue weighted by Gasteiger charge is 2.28. The van der Waals surface area contributed by atoms with Gasteiger partial charge in [-0.2, -0.15) is 0 Å². The van der Waals surface area contributed by atoms with Crippen LogP contribution in [0.2, 0.25) is 12.6 Å².